The largest absolute Gasteiger partial charge is 0.477 e. The highest BCUT2D eigenvalue weighted by atomic mass is 35.5. The number of hydrogen-bond acceptors (Lipinski definition) is 4. The minimum Gasteiger partial charge on any atom is -0.477 e. The van der Waals surface area contributed by atoms with E-state index < -0.39 is 11.9 Å². The third-order valence-electron chi connectivity index (χ3n) is 4.20. The lowest BCUT2D eigenvalue weighted by atomic mass is 10.1. The summed E-state index contributed by atoms with van der Waals surface area (Å²) in [5.41, 5.74) is 0.989. The lowest BCUT2D eigenvalue weighted by Crippen LogP contribution is -2.50. The zero-order valence-corrected chi connectivity index (χ0v) is 16.1. The summed E-state index contributed by atoms with van der Waals surface area (Å²) in [6.07, 6.45) is 0.00919. The first-order valence-corrected chi connectivity index (χ1v) is 9.38. The van der Waals surface area contributed by atoms with Crippen LogP contribution in [0.3, 0.4) is 0 Å². The highest BCUT2D eigenvalue weighted by Gasteiger charge is 2.31. The number of rotatable bonds is 6. The van der Waals surface area contributed by atoms with Gasteiger partial charge in [0.15, 0.2) is 6.10 Å². The molecule has 0 spiro atoms. The maximum atomic E-state index is 13.7. The molecule has 1 heterocycles. The number of nitrogens with one attached hydrogen (secondary N) is 2. The third-order valence-corrected chi connectivity index (χ3v) is 4.44. The molecule has 0 saturated carbocycles. The zero-order chi connectivity index (χ0) is 20.1. The van der Waals surface area contributed by atoms with E-state index in [1.54, 1.807) is 29.2 Å². The van der Waals surface area contributed by atoms with E-state index in [1.165, 1.54) is 18.2 Å². The number of carbonyl (C=O) groups is 2. The summed E-state index contributed by atoms with van der Waals surface area (Å²) in [6.45, 7) is 2.55. The van der Waals surface area contributed by atoms with Crippen LogP contribution in [0.4, 0.5) is 15.8 Å². The lowest BCUT2D eigenvalue weighted by molar-refractivity contribution is -0.128. The SMILES string of the molecule is CCCNC(=O)C1CN(CC(=O)Nc2cccc(Cl)c2)c2cc(F)ccc2O1. The molecule has 8 heteroatoms. The van der Waals surface area contributed by atoms with E-state index in [-0.39, 0.29) is 24.9 Å². The van der Waals surface area contributed by atoms with Gasteiger partial charge in [0.2, 0.25) is 5.91 Å². The Morgan fingerprint density at radius 3 is 2.86 bits per heavy atom. The molecule has 1 aliphatic rings. The first kappa shape index (κ1) is 19.9. The standard InChI is InChI=1S/C20H21ClFN3O3/c1-2-8-23-20(27)18-11-25(16-10-14(22)6-7-17(16)28-18)12-19(26)24-15-5-3-4-13(21)9-15/h3-7,9-10,18H,2,8,11-12H2,1H3,(H,23,27)(H,24,26). The van der Waals surface area contributed by atoms with Gasteiger partial charge < -0.3 is 20.3 Å². The Hall–Kier alpha value is -2.80. The van der Waals surface area contributed by atoms with Crippen LogP contribution in [-0.4, -0.2) is 37.6 Å². The number of amides is 2. The molecule has 0 radical (unpaired) electrons. The van der Waals surface area contributed by atoms with Crippen molar-refractivity contribution in [3.8, 4) is 5.75 Å². The third kappa shape index (κ3) is 4.92. The second-order valence-corrected chi connectivity index (χ2v) is 6.89. The molecule has 0 fully saturated rings. The van der Waals surface area contributed by atoms with Crippen LogP contribution in [0.15, 0.2) is 42.5 Å². The van der Waals surface area contributed by atoms with Gasteiger partial charge in [-0.3, -0.25) is 9.59 Å². The van der Waals surface area contributed by atoms with E-state index in [1.807, 2.05) is 6.92 Å². The first-order chi connectivity index (χ1) is 13.5. The average Bonchev–Trinajstić information content (AvgIpc) is 2.66. The number of carbonyl (C=O) groups excluding carboxylic acids is 2. The normalized spacial score (nSPS) is 15.4. The summed E-state index contributed by atoms with van der Waals surface area (Å²) >= 11 is 5.94. The Morgan fingerprint density at radius 2 is 2.11 bits per heavy atom. The van der Waals surface area contributed by atoms with Crippen molar-refractivity contribution in [1.82, 2.24) is 5.32 Å². The Bertz CT molecular complexity index is 878. The maximum Gasteiger partial charge on any atom is 0.262 e. The summed E-state index contributed by atoms with van der Waals surface area (Å²) in [5.74, 6) is -0.666. The van der Waals surface area contributed by atoms with Crippen molar-refractivity contribution in [3.05, 3.63) is 53.3 Å². The van der Waals surface area contributed by atoms with Gasteiger partial charge in [0.1, 0.15) is 11.6 Å². The summed E-state index contributed by atoms with van der Waals surface area (Å²) in [5, 5.41) is 6.04. The van der Waals surface area contributed by atoms with Crippen LogP contribution in [0, 0.1) is 5.82 Å². The van der Waals surface area contributed by atoms with Crippen molar-refractivity contribution >= 4 is 34.8 Å². The monoisotopic (exact) mass is 405 g/mol. The Morgan fingerprint density at radius 1 is 1.29 bits per heavy atom. The van der Waals surface area contributed by atoms with Crippen molar-refractivity contribution in [2.45, 2.75) is 19.4 Å². The molecule has 2 aromatic carbocycles. The van der Waals surface area contributed by atoms with Gasteiger partial charge in [-0.05, 0) is 36.8 Å². The molecule has 2 N–H and O–H groups in total. The topological polar surface area (TPSA) is 70.7 Å². The van der Waals surface area contributed by atoms with Crippen molar-refractivity contribution in [2.75, 3.05) is 29.9 Å². The number of fused-ring (bicyclic) bond motifs is 1. The molecule has 2 amide bonds. The van der Waals surface area contributed by atoms with Crippen molar-refractivity contribution in [1.29, 1.82) is 0 Å². The van der Waals surface area contributed by atoms with Gasteiger partial charge in [0, 0.05) is 23.3 Å². The summed E-state index contributed by atoms with van der Waals surface area (Å²) in [4.78, 5) is 26.5. The fourth-order valence-electron chi connectivity index (χ4n) is 2.91. The van der Waals surface area contributed by atoms with E-state index in [4.69, 9.17) is 16.3 Å². The molecule has 148 valence electrons. The average molecular weight is 406 g/mol. The first-order valence-electron chi connectivity index (χ1n) is 9.00. The van der Waals surface area contributed by atoms with E-state index >= 15 is 0 Å². The molecule has 0 aliphatic carbocycles. The summed E-state index contributed by atoms with van der Waals surface area (Å²) in [7, 11) is 0. The van der Waals surface area contributed by atoms with Crippen LogP contribution in [0.25, 0.3) is 0 Å². The van der Waals surface area contributed by atoms with Gasteiger partial charge in [-0.2, -0.15) is 0 Å². The molecular weight excluding hydrogens is 385 g/mol. The van der Waals surface area contributed by atoms with Gasteiger partial charge in [0.05, 0.1) is 18.8 Å². The van der Waals surface area contributed by atoms with Crippen molar-refractivity contribution < 1.29 is 18.7 Å². The minimum atomic E-state index is -0.788. The van der Waals surface area contributed by atoms with Crippen LogP contribution in [0.2, 0.25) is 5.02 Å². The highest BCUT2D eigenvalue weighted by molar-refractivity contribution is 6.30. The minimum absolute atomic E-state index is 0.0656. The number of halogens is 2. The number of nitrogens with zero attached hydrogens (tertiary/aromatic N) is 1. The molecule has 1 unspecified atom stereocenters. The molecule has 3 rings (SSSR count). The Kier molecular flexibility index (Phi) is 6.36. The fraction of sp³-hybridized carbons (Fsp3) is 0.300. The second-order valence-electron chi connectivity index (χ2n) is 6.45. The van der Waals surface area contributed by atoms with Gasteiger partial charge >= 0.3 is 0 Å². The number of ether oxygens (including phenoxy) is 1. The molecule has 0 aromatic heterocycles. The van der Waals surface area contributed by atoms with Crippen LogP contribution in [0.1, 0.15) is 13.3 Å². The molecule has 28 heavy (non-hydrogen) atoms. The number of hydrogen-bond donors (Lipinski definition) is 2. The van der Waals surface area contributed by atoms with E-state index in [0.29, 0.717) is 28.7 Å². The van der Waals surface area contributed by atoms with E-state index in [9.17, 15) is 14.0 Å². The maximum absolute atomic E-state index is 13.7. The predicted octanol–water partition coefficient (Wildman–Crippen LogP) is 3.21. The predicted molar refractivity (Wildman–Crippen MR) is 106 cm³/mol. The van der Waals surface area contributed by atoms with Crippen molar-refractivity contribution in [2.24, 2.45) is 0 Å². The van der Waals surface area contributed by atoms with E-state index in [2.05, 4.69) is 10.6 Å². The number of anilines is 2. The van der Waals surface area contributed by atoms with Crippen LogP contribution in [-0.2, 0) is 9.59 Å². The van der Waals surface area contributed by atoms with Crippen molar-refractivity contribution in [3.63, 3.8) is 0 Å². The zero-order valence-electron chi connectivity index (χ0n) is 15.4. The molecule has 1 aliphatic heterocycles. The Balaban J connectivity index is 1.76. The number of benzene rings is 2. The van der Waals surface area contributed by atoms with Gasteiger partial charge in [0.25, 0.3) is 5.91 Å². The van der Waals surface area contributed by atoms with E-state index in [0.717, 1.165) is 6.42 Å². The lowest BCUT2D eigenvalue weighted by Gasteiger charge is -2.35. The Labute approximate surface area is 167 Å². The highest BCUT2D eigenvalue weighted by Crippen LogP contribution is 2.34. The molecule has 1 atom stereocenters. The van der Waals surface area contributed by atoms with Gasteiger partial charge in [-0.1, -0.05) is 24.6 Å². The quantitative estimate of drug-likeness (QED) is 0.774. The molecule has 0 bridgehead atoms. The van der Waals surface area contributed by atoms with Gasteiger partial charge in [-0.25, -0.2) is 4.39 Å². The summed E-state index contributed by atoms with van der Waals surface area (Å²) in [6, 6.07) is 10.8. The van der Waals surface area contributed by atoms with Gasteiger partial charge in [-0.15, -0.1) is 0 Å². The second kappa shape index (κ2) is 8.93. The van der Waals surface area contributed by atoms with Crippen LogP contribution in [0.5, 0.6) is 5.75 Å². The summed E-state index contributed by atoms with van der Waals surface area (Å²) < 4.78 is 19.5. The van der Waals surface area contributed by atoms with Crippen LogP contribution < -0.4 is 20.3 Å². The molecular formula is C20H21ClFN3O3. The molecule has 6 nitrogen and oxygen atoms in total. The smallest absolute Gasteiger partial charge is 0.262 e. The molecule has 0 saturated heterocycles. The molecule has 2 aromatic rings. The fourth-order valence-corrected chi connectivity index (χ4v) is 3.10. The van der Waals surface area contributed by atoms with Crippen LogP contribution >= 0.6 is 11.6 Å².